The van der Waals surface area contributed by atoms with Gasteiger partial charge in [0.2, 0.25) is 10.0 Å². The Kier molecular flexibility index (Phi) is 7.90. The molecule has 1 N–H and O–H groups in total. The predicted octanol–water partition coefficient (Wildman–Crippen LogP) is 4.75. The number of nitrogens with one attached hydrogen (secondary N) is 1. The van der Waals surface area contributed by atoms with Gasteiger partial charge in [0.15, 0.2) is 0 Å². The number of carbonyl (C=O) groups is 1. The second-order valence-corrected chi connectivity index (χ2v) is 10.2. The Morgan fingerprint density at radius 1 is 1.09 bits per heavy atom. The van der Waals surface area contributed by atoms with E-state index in [2.05, 4.69) is 5.32 Å². The molecule has 0 fully saturated rings. The van der Waals surface area contributed by atoms with Crippen molar-refractivity contribution >= 4 is 38.9 Å². The average molecular weight is 502 g/mol. The van der Waals surface area contributed by atoms with E-state index in [0.717, 1.165) is 22.2 Å². The van der Waals surface area contributed by atoms with Gasteiger partial charge in [-0.15, -0.1) is 0 Å². The maximum atomic E-state index is 12.5. The van der Waals surface area contributed by atoms with Crippen molar-refractivity contribution in [3.8, 4) is 0 Å². The first-order chi connectivity index (χ1) is 16.1. The van der Waals surface area contributed by atoms with Gasteiger partial charge < -0.3 is 5.32 Å². The highest BCUT2D eigenvalue weighted by atomic mass is 35.5. The highest BCUT2D eigenvalue weighted by Gasteiger charge is 2.23. The van der Waals surface area contributed by atoms with Gasteiger partial charge in [-0.2, -0.15) is 0 Å². The zero-order valence-electron chi connectivity index (χ0n) is 18.6. The number of carbonyl (C=O) groups excluding carboxylic acids is 1. The average Bonchev–Trinajstić information content (AvgIpc) is 2.81. The minimum atomic E-state index is -3.81. The summed E-state index contributed by atoms with van der Waals surface area (Å²) in [4.78, 5) is 23.1. The second kappa shape index (κ2) is 10.7. The van der Waals surface area contributed by atoms with Crippen molar-refractivity contribution in [2.75, 3.05) is 17.1 Å². The van der Waals surface area contributed by atoms with E-state index < -0.39 is 14.9 Å². The highest BCUT2D eigenvalue weighted by Crippen LogP contribution is 2.32. The molecule has 3 aromatic carbocycles. The fourth-order valence-electron chi connectivity index (χ4n) is 3.36. The third kappa shape index (κ3) is 6.33. The summed E-state index contributed by atoms with van der Waals surface area (Å²) in [6, 6.07) is 20.0. The Morgan fingerprint density at radius 2 is 1.74 bits per heavy atom. The number of nitrogens with zero attached hydrogens (tertiary/aromatic N) is 2. The standard InChI is InChI=1S/C24H24ClN3O5S/c1-17(19-6-4-3-5-7-19)15-26-24(29)20-10-8-18(9-11-20)16-27(34(2,32)33)23-14-21(28(30)31)12-13-22(23)25/h3-14,17H,15-16H2,1-2H3,(H,26,29). The molecule has 1 amide bonds. The lowest BCUT2D eigenvalue weighted by Gasteiger charge is -2.23. The molecular formula is C24H24ClN3O5S. The molecule has 0 spiro atoms. The number of non-ortho nitro benzene ring substituents is 1. The first kappa shape index (κ1) is 25.2. The molecule has 0 bridgehead atoms. The van der Waals surface area contributed by atoms with Crippen LogP contribution in [0.1, 0.15) is 34.3 Å². The molecule has 1 unspecified atom stereocenters. The van der Waals surface area contributed by atoms with Crippen molar-refractivity contribution in [3.05, 3.63) is 105 Å². The molecular weight excluding hydrogens is 478 g/mol. The van der Waals surface area contributed by atoms with Crippen molar-refractivity contribution in [2.45, 2.75) is 19.4 Å². The van der Waals surface area contributed by atoms with Gasteiger partial charge in [0.1, 0.15) is 0 Å². The molecule has 0 aliphatic heterocycles. The maximum absolute atomic E-state index is 12.5. The fraction of sp³-hybridized carbons (Fsp3) is 0.208. The molecule has 10 heteroatoms. The molecule has 3 aromatic rings. The molecule has 0 saturated heterocycles. The van der Waals surface area contributed by atoms with Gasteiger partial charge >= 0.3 is 0 Å². The lowest BCUT2D eigenvalue weighted by molar-refractivity contribution is -0.384. The smallest absolute Gasteiger partial charge is 0.271 e. The molecule has 0 aliphatic rings. The zero-order chi connectivity index (χ0) is 24.9. The van der Waals surface area contributed by atoms with E-state index in [4.69, 9.17) is 11.6 Å². The molecule has 0 radical (unpaired) electrons. The Balaban J connectivity index is 1.73. The fourth-order valence-corrected chi connectivity index (χ4v) is 4.52. The third-order valence-electron chi connectivity index (χ3n) is 5.29. The van der Waals surface area contributed by atoms with Crippen LogP contribution in [0.15, 0.2) is 72.8 Å². The highest BCUT2D eigenvalue weighted by molar-refractivity contribution is 7.92. The van der Waals surface area contributed by atoms with Crippen molar-refractivity contribution < 1.29 is 18.1 Å². The summed E-state index contributed by atoms with van der Waals surface area (Å²) in [7, 11) is -3.81. The summed E-state index contributed by atoms with van der Waals surface area (Å²) >= 11 is 6.16. The van der Waals surface area contributed by atoms with Crippen LogP contribution in [0.2, 0.25) is 5.02 Å². The Morgan fingerprint density at radius 3 is 2.32 bits per heavy atom. The van der Waals surface area contributed by atoms with E-state index in [0.29, 0.717) is 17.7 Å². The van der Waals surface area contributed by atoms with Crippen LogP contribution in [-0.4, -0.2) is 32.0 Å². The van der Waals surface area contributed by atoms with Gasteiger partial charge in [-0.25, -0.2) is 8.42 Å². The predicted molar refractivity (Wildman–Crippen MR) is 133 cm³/mol. The number of sulfonamides is 1. The summed E-state index contributed by atoms with van der Waals surface area (Å²) in [5.41, 5.74) is 1.88. The minimum Gasteiger partial charge on any atom is -0.351 e. The SMILES string of the molecule is CC(CNC(=O)c1ccc(CN(c2cc([N+](=O)[O-])ccc2Cl)S(C)(=O)=O)cc1)c1ccccc1. The lowest BCUT2D eigenvalue weighted by atomic mass is 10.0. The summed E-state index contributed by atoms with van der Waals surface area (Å²) in [6.45, 7) is 2.39. The van der Waals surface area contributed by atoms with Crippen molar-refractivity contribution in [2.24, 2.45) is 0 Å². The third-order valence-corrected chi connectivity index (χ3v) is 6.74. The molecule has 178 valence electrons. The molecule has 0 aliphatic carbocycles. The zero-order valence-corrected chi connectivity index (χ0v) is 20.2. The largest absolute Gasteiger partial charge is 0.351 e. The van der Waals surface area contributed by atoms with Gasteiger partial charge in [-0.1, -0.05) is 61.0 Å². The molecule has 0 heterocycles. The summed E-state index contributed by atoms with van der Waals surface area (Å²) in [5, 5.41) is 14.1. The maximum Gasteiger partial charge on any atom is 0.271 e. The van der Waals surface area contributed by atoms with Crippen LogP contribution >= 0.6 is 11.6 Å². The molecule has 0 saturated carbocycles. The van der Waals surface area contributed by atoms with Gasteiger partial charge in [0, 0.05) is 24.2 Å². The van der Waals surface area contributed by atoms with E-state index in [1.807, 2.05) is 37.3 Å². The van der Waals surface area contributed by atoms with E-state index >= 15 is 0 Å². The number of amides is 1. The molecule has 0 aromatic heterocycles. The molecule has 8 nitrogen and oxygen atoms in total. The number of nitro groups is 1. The molecule has 3 rings (SSSR count). The van der Waals surface area contributed by atoms with Gasteiger partial charge in [0.05, 0.1) is 28.4 Å². The Hall–Kier alpha value is -3.43. The van der Waals surface area contributed by atoms with Crippen molar-refractivity contribution in [1.82, 2.24) is 5.32 Å². The monoisotopic (exact) mass is 501 g/mol. The van der Waals surface area contributed by atoms with Gasteiger partial charge in [0.25, 0.3) is 11.6 Å². The van der Waals surface area contributed by atoms with Crippen LogP contribution in [0, 0.1) is 10.1 Å². The number of benzene rings is 3. The Labute approximate surface area is 203 Å². The first-order valence-corrected chi connectivity index (χ1v) is 12.6. The van der Waals surface area contributed by atoms with Crippen molar-refractivity contribution in [1.29, 1.82) is 0 Å². The van der Waals surface area contributed by atoms with E-state index in [-0.39, 0.29) is 34.8 Å². The van der Waals surface area contributed by atoms with Crippen LogP contribution in [0.4, 0.5) is 11.4 Å². The Bertz CT molecular complexity index is 1280. The minimum absolute atomic E-state index is 0.00934. The van der Waals surface area contributed by atoms with E-state index in [9.17, 15) is 23.3 Å². The van der Waals surface area contributed by atoms with E-state index in [1.165, 1.54) is 12.1 Å². The molecule has 34 heavy (non-hydrogen) atoms. The van der Waals surface area contributed by atoms with Gasteiger partial charge in [-0.05, 0) is 35.2 Å². The number of rotatable bonds is 9. The normalized spacial score (nSPS) is 12.1. The number of nitro benzene ring substituents is 1. The van der Waals surface area contributed by atoms with E-state index in [1.54, 1.807) is 24.3 Å². The van der Waals surface area contributed by atoms with Crippen LogP contribution in [0.3, 0.4) is 0 Å². The molecule has 1 atom stereocenters. The summed E-state index contributed by atoms with van der Waals surface area (Å²) < 4.78 is 25.9. The topological polar surface area (TPSA) is 110 Å². The summed E-state index contributed by atoms with van der Waals surface area (Å²) in [6.07, 6.45) is 0.998. The first-order valence-electron chi connectivity index (χ1n) is 10.4. The summed E-state index contributed by atoms with van der Waals surface area (Å²) in [5.74, 6) is -0.0940. The number of halogens is 1. The number of anilines is 1. The van der Waals surface area contributed by atoms with Crippen LogP contribution in [0.5, 0.6) is 0 Å². The van der Waals surface area contributed by atoms with Gasteiger partial charge in [-0.3, -0.25) is 19.2 Å². The van der Waals surface area contributed by atoms with Crippen molar-refractivity contribution in [3.63, 3.8) is 0 Å². The number of hydrogen-bond donors (Lipinski definition) is 1. The quantitative estimate of drug-likeness (QED) is 0.336. The lowest BCUT2D eigenvalue weighted by Crippen LogP contribution is -2.30. The van der Waals surface area contributed by atoms with Crippen LogP contribution < -0.4 is 9.62 Å². The second-order valence-electron chi connectivity index (χ2n) is 7.88. The number of hydrogen-bond acceptors (Lipinski definition) is 5. The van der Waals surface area contributed by atoms with Crippen LogP contribution in [-0.2, 0) is 16.6 Å². The van der Waals surface area contributed by atoms with Crippen LogP contribution in [0.25, 0.3) is 0 Å².